The minimum atomic E-state index is 0.587. The fourth-order valence-electron chi connectivity index (χ4n) is 1.92. The average molecular weight is 359 g/mol. The van der Waals surface area contributed by atoms with E-state index in [9.17, 15) is 0 Å². The molecule has 0 heterocycles. The summed E-state index contributed by atoms with van der Waals surface area (Å²) >= 11 is 15.5. The molecule has 0 atom stereocenters. The SMILES string of the molecule is CCN(Cc1cccc(Br)c1)c1ccc(Cl)c(Cl)c1. The highest BCUT2D eigenvalue weighted by Crippen LogP contribution is 2.28. The van der Waals surface area contributed by atoms with Crippen LogP contribution >= 0.6 is 39.1 Å². The van der Waals surface area contributed by atoms with Gasteiger partial charge in [0.1, 0.15) is 0 Å². The molecule has 0 aliphatic rings. The van der Waals surface area contributed by atoms with E-state index in [0.29, 0.717) is 10.0 Å². The Balaban J connectivity index is 2.22. The van der Waals surface area contributed by atoms with Gasteiger partial charge >= 0.3 is 0 Å². The van der Waals surface area contributed by atoms with Gasteiger partial charge in [0, 0.05) is 23.2 Å². The molecular weight excluding hydrogens is 345 g/mol. The Hall–Kier alpha value is -0.700. The van der Waals surface area contributed by atoms with Crippen LogP contribution < -0.4 is 4.90 Å². The van der Waals surface area contributed by atoms with Crippen molar-refractivity contribution in [2.75, 3.05) is 11.4 Å². The van der Waals surface area contributed by atoms with E-state index in [1.807, 2.05) is 30.3 Å². The third-order valence-corrected chi connectivity index (χ3v) is 4.14. The maximum atomic E-state index is 6.08. The standard InChI is InChI=1S/C15H14BrCl2N/c1-2-19(10-11-4-3-5-12(16)8-11)13-6-7-14(17)15(18)9-13/h3-9H,2,10H2,1H3. The van der Waals surface area contributed by atoms with E-state index < -0.39 is 0 Å². The number of anilines is 1. The van der Waals surface area contributed by atoms with Crippen LogP contribution in [0.25, 0.3) is 0 Å². The molecule has 2 rings (SSSR count). The largest absolute Gasteiger partial charge is 0.367 e. The summed E-state index contributed by atoms with van der Waals surface area (Å²) < 4.78 is 1.09. The minimum absolute atomic E-state index is 0.587. The fourth-order valence-corrected chi connectivity index (χ4v) is 2.66. The summed E-state index contributed by atoms with van der Waals surface area (Å²) in [6.45, 7) is 3.87. The number of rotatable bonds is 4. The number of hydrogen-bond donors (Lipinski definition) is 0. The molecule has 4 heteroatoms. The zero-order valence-electron chi connectivity index (χ0n) is 10.5. The van der Waals surface area contributed by atoms with Crippen molar-refractivity contribution in [3.8, 4) is 0 Å². The number of hydrogen-bond acceptors (Lipinski definition) is 1. The van der Waals surface area contributed by atoms with Crippen molar-refractivity contribution >= 4 is 44.8 Å². The van der Waals surface area contributed by atoms with Crippen LogP contribution in [0, 0.1) is 0 Å². The Bertz CT molecular complexity index is 572. The summed E-state index contributed by atoms with van der Waals surface area (Å²) in [5.74, 6) is 0. The Morgan fingerprint density at radius 3 is 2.47 bits per heavy atom. The van der Waals surface area contributed by atoms with Gasteiger partial charge in [-0.2, -0.15) is 0 Å². The zero-order chi connectivity index (χ0) is 13.8. The first-order chi connectivity index (χ1) is 9.10. The predicted octanol–water partition coefficient (Wildman–Crippen LogP) is 5.78. The molecule has 1 nitrogen and oxygen atoms in total. The molecule has 2 aromatic rings. The lowest BCUT2D eigenvalue weighted by atomic mass is 10.2. The Kier molecular flexibility index (Phi) is 5.14. The number of halogens is 3. The Labute approximate surface area is 132 Å². The molecule has 0 unspecified atom stereocenters. The maximum Gasteiger partial charge on any atom is 0.0612 e. The monoisotopic (exact) mass is 357 g/mol. The van der Waals surface area contributed by atoms with Crippen LogP contribution in [0.1, 0.15) is 12.5 Å². The molecule has 0 spiro atoms. The fraction of sp³-hybridized carbons (Fsp3) is 0.200. The molecule has 0 N–H and O–H groups in total. The summed E-state index contributed by atoms with van der Waals surface area (Å²) in [6.07, 6.45) is 0. The normalized spacial score (nSPS) is 10.5. The molecule has 0 aromatic heterocycles. The molecule has 19 heavy (non-hydrogen) atoms. The van der Waals surface area contributed by atoms with Gasteiger partial charge in [-0.1, -0.05) is 51.3 Å². The van der Waals surface area contributed by atoms with Crippen molar-refractivity contribution in [3.63, 3.8) is 0 Å². The van der Waals surface area contributed by atoms with Crippen LogP contribution in [0.2, 0.25) is 10.0 Å². The maximum absolute atomic E-state index is 6.08. The molecule has 100 valence electrons. The highest BCUT2D eigenvalue weighted by atomic mass is 79.9. The predicted molar refractivity (Wildman–Crippen MR) is 87.3 cm³/mol. The minimum Gasteiger partial charge on any atom is -0.367 e. The molecule has 0 radical (unpaired) electrons. The quantitative estimate of drug-likeness (QED) is 0.669. The second-order valence-electron chi connectivity index (χ2n) is 4.24. The van der Waals surface area contributed by atoms with Gasteiger partial charge in [0.2, 0.25) is 0 Å². The molecule has 0 amide bonds. The van der Waals surface area contributed by atoms with E-state index in [1.54, 1.807) is 0 Å². The Morgan fingerprint density at radius 1 is 1.05 bits per heavy atom. The van der Waals surface area contributed by atoms with Gasteiger partial charge in [0.25, 0.3) is 0 Å². The van der Waals surface area contributed by atoms with Crippen molar-refractivity contribution in [1.29, 1.82) is 0 Å². The van der Waals surface area contributed by atoms with Crippen molar-refractivity contribution in [2.24, 2.45) is 0 Å². The Morgan fingerprint density at radius 2 is 1.84 bits per heavy atom. The van der Waals surface area contributed by atoms with Gasteiger partial charge < -0.3 is 4.90 Å². The van der Waals surface area contributed by atoms with Crippen molar-refractivity contribution < 1.29 is 0 Å². The second kappa shape index (κ2) is 6.65. The molecular formula is C15H14BrCl2N. The smallest absolute Gasteiger partial charge is 0.0612 e. The van der Waals surface area contributed by atoms with E-state index >= 15 is 0 Å². The second-order valence-corrected chi connectivity index (χ2v) is 5.97. The van der Waals surface area contributed by atoms with Crippen molar-refractivity contribution in [1.82, 2.24) is 0 Å². The van der Waals surface area contributed by atoms with E-state index in [0.717, 1.165) is 23.2 Å². The summed E-state index contributed by atoms with van der Waals surface area (Å²) in [6, 6.07) is 14.1. The van der Waals surface area contributed by atoms with Crippen LogP contribution in [0.4, 0.5) is 5.69 Å². The highest BCUT2D eigenvalue weighted by Gasteiger charge is 2.08. The van der Waals surface area contributed by atoms with Crippen molar-refractivity contribution in [3.05, 3.63) is 62.5 Å². The van der Waals surface area contributed by atoms with Crippen LogP contribution in [-0.2, 0) is 6.54 Å². The summed E-state index contributed by atoms with van der Waals surface area (Å²) in [4.78, 5) is 2.25. The zero-order valence-corrected chi connectivity index (χ0v) is 13.6. The highest BCUT2D eigenvalue weighted by molar-refractivity contribution is 9.10. The molecule has 2 aromatic carbocycles. The number of benzene rings is 2. The molecule has 0 fully saturated rings. The van der Waals surface area contributed by atoms with Crippen LogP contribution in [0.3, 0.4) is 0 Å². The summed E-state index contributed by atoms with van der Waals surface area (Å²) in [5.41, 5.74) is 2.33. The third-order valence-electron chi connectivity index (χ3n) is 2.91. The van der Waals surface area contributed by atoms with Crippen LogP contribution in [-0.4, -0.2) is 6.54 Å². The van der Waals surface area contributed by atoms with Gasteiger partial charge in [0.15, 0.2) is 0 Å². The van der Waals surface area contributed by atoms with Crippen molar-refractivity contribution in [2.45, 2.75) is 13.5 Å². The average Bonchev–Trinajstić information content (AvgIpc) is 2.39. The van der Waals surface area contributed by atoms with E-state index in [4.69, 9.17) is 23.2 Å². The van der Waals surface area contributed by atoms with E-state index in [-0.39, 0.29) is 0 Å². The first-order valence-corrected chi connectivity index (χ1v) is 7.59. The molecule has 0 aliphatic carbocycles. The molecule has 0 saturated heterocycles. The molecule has 0 aliphatic heterocycles. The lowest BCUT2D eigenvalue weighted by molar-refractivity contribution is 0.831. The van der Waals surface area contributed by atoms with E-state index in [1.165, 1.54) is 5.56 Å². The summed E-state index contributed by atoms with van der Waals surface area (Å²) in [5, 5.41) is 1.18. The lowest BCUT2D eigenvalue weighted by Gasteiger charge is -2.23. The van der Waals surface area contributed by atoms with Crippen LogP contribution in [0.15, 0.2) is 46.9 Å². The first kappa shape index (κ1) is 14.7. The molecule has 0 saturated carbocycles. The third kappa shape index (κ3) is 3.88. The van der Waals surface area contributed by atoms with Gasteiger partial charge in [-0.05, 0) is 42.8 Å². The first-order valence-electron chi connectivity index (χ1n) is 6.04. The molecule has 0 bridgehead atoms. The van der Waals surface area contributed by atoms with Crippen LogP contribution in [0.5, 0.6) is 0 Å². The summed E-state index contributed by atoms with van der Waals surface area (Å²) in [7, 11) is 0. The topological polar surface area (TPSA) is 3.24 Å². The van der Waals surface area contributed by atoms with Gasteiger partial charge in [-0.3, -0.25) is 0 Å². The van der Waals surface area contributed by atoms with Gasteiger partial charge in [-0.25, -0.2) is 0 Å². The van der Waals surface area contributed by atoms with E-state index in [2.05, 4.69) is 39.9 Å². The lowest BCUT2D eigenvalue weighted by Crippen LogP contribution is -2.21. The van der Waals surface area contributed by atoms with Gasteiger partial charge in [-0.15, -0.1) is 0 Å². The number of nitrogens with zero attached hydrogens (tertiary/aromatic N) is 1. The van der Waals surface area contributed by atoms with Gasteiger partial charge in [0.05, 0.1) is 10.0 Å².